The van der Waals surface area contributed by atoms with E-state index in [0.29, 0.717) is 11.2 Å². The van der Waals surface area contributed by atoms with E-state index >= 15 is 0 Å². The van der Waals surface area contributed by atoms with Crippen molar-refractivity contribution in [1.82, 2.24) is 29.3 Å². The number of aryl methyl sites for hydroxylation is 2. The van der Waals surface area contributed by atoms with E-state index in [9.17, 15) is 4.79 Å². The molecule has 124 valence electrons. The lowest BCUT2D eigenvalue weighted by atomic mass is 10.2. The topological polar surface area (TPSA) is 68.3 Å². The number of rotatable bonds is 3. The highest BCUT2D eigenvalue weighted by atomic mass is 16.2. The summed E-state index contributed by atoms with van der Waals surface area (Å²) in [6.45, 7) is 5.44. The van der Waals surface area contributed by atoms with Crippen molar-refractivity contribution < 1.29 is 4.79 Å². The van der Waals surface area contributed by atoms with Gasteiger partial charge >= 0.3 is 0 Å². The zero-order valence-electron chi connectivity index (χ0n) is 13.9. The molecule has 7 nitrogen and oxygen atoms in total. The minimum absolute atomic E-state index is 0.00878. The molecule has 0 radical (unpaired) electrons. The van der Waals surface area contributed by atoms with Crippen LogP contribution in [0.4, 0.5) is 0 Å². The Morgan fingerprint density at radius 1 is 1.29 bits per heavy atom. The minimum atomic E-state index is 0.00878. The molecular formula is C17H20N6O. The maximum absolute atomic E-state index is 13.0. The molecule has 0 N–H and O–H groups in total. The molecule has 1 amide bonds. The Bertz CT molecular complexity index is 896. The summed E-state index contributed by atoms with van der Waals surface area (Å²) in [5.74, 6) is 0.00878. The highest BCUT2D eigenvalue weighted by Gasteiger charge is 2.31. The van der Waals surface area contributed by atoms with Gasteiger partial charge in [-0.3, -0.25) is 9.48 Å². The summed E-state index contributed by atoms with van der Waals surface area (Å²) in [6, 6.07) is 2.05. The summed E-state index contributed by atoms with van der Waals surface area (Å²) in [5, 5.41) is 8.60. The van der Waals surface area contributed by atoms with Gasteiger partial charge in [-0.25, -0.2) is 9.50 Å². The van der Waals surface area contributed by atoms with E-state index in [1.807, 2.05) is 48.1 Å². The first kappa shape index (κ1) is 14.9. The van der Waals surface area contributed by atoms with Gasteiger partial charge in [0.2, 0.25) is 0 Å². The van der Waals surface area contributed by atoms with Crippen molar-refractivity contribution in [3.8, 4) is 0 Å². The molecule has 24 heavy (non-hydrogen) atoms. The SMILES string of the molecule is Cc1cnn(C[C@@H]2CCCN2C(=O)c2cnn3ccc(C)nc23)c1. The van der Waals surface area contributed by atoms with E-state index < -0.39 is 0 Å². The van der Waals surface area contributed by atoms with Crippen molar-refractivity contribution in [2.45, 2.75) is 39.3 Å². The summed E-state index contributed by atoms with van der Waals surface area (Å²) in [7, 11) is 0. The fourth-order valence-electron chi connectivity index (χ4n) is 3.34. The van der Waals surface area contributed by atoms with Crippen LogP contribution in [0.2, 0.25) is 0 Å². The van der Waals surface area contributed by atoms with Gasteiger partial charge in [0, 0.05) is 24.6 Å². The van der Waals surface area contributed by atoms with Gasteiger partial charge in [-0.1, -0.05) is 0 Å². The second kappa shape index (κ2) is 5.74. The average Bonchev–Trinajstić information content (AvgIpc) is 3.27. The van der Waals surface area contributed by atoms with E-state index in [1.165, 1.54) is 0 Å². The Labute approximate surface area is 139 Å². The summed E-state index contributed by atoms with van der Waals surface area (Å²) >= 11 is 0. The van der Waals surface area contributed by atoms with Crippen LogP contribution in [0.5, 0.6) is 0 Å². The fourth-order valence-corrected chi connectivity index (χ4v) is 3.34. The number of hydrogen-bond acceptors (Lipinski definition) is 4. The van der Waals surface area contributed by atoms with Gasteiger partial charge in [0.25, 0.3) is 5.91 Å². The Hall–Kier alpha value is -2.70. The third-order valence-corrected chi connectivity index (χ3v) is 4.54. The van der Waals surface area contributed by atoms with Crippen LogP contribution in [0, 0.1) is 13.8 Å². The van der Waals surface area contributed by atoms with Gasteiger partial charge in [-0.2, -0.15) is 10.2 Å². The molecule has 1 saturated heterocycles. The Balaban J connectivity index is 1.61. The first-order valence-corrected chi connectivity index (χ1v) is 8.23. The molecular weight excluding hydrogens is 304 g/mol. The van der Waals surface area contributed by atoms with Crippen LogP contribution in [-0.2, 0) is 6.54 Å². The lowest BCUT2D eigenvalue weighted by Crippen LogP contribution is -2.38. The van der Waals surface area contributed by atoms with Crippen molar-refractivity contribution >= 4 is 11.6 Å². The number of hydrogen-bond donors (Lipinski definition) is 0. The smallest absolute Gasteiger partial charge is 0.259 e. The lowest BCUT2D eigenvalue weighted by Gasteiger charge is -2.24. The molecule has 3 aromatic rings. The first-order valence-electron chi connectivity index (χ1n) is 8.23. The first-order chi connectivity index (χ1) is 11.6. The molecule has 0 aromatic carbocycles. The predicted molar refractivity (Wildman–Crippen MR) is 88.7 cm³/mol. The van der Waals surface area contributed by atoms with Crippen LogP contribution < -0.4 is 0 Å². The van der Waals surface area contributed by atoms with Crippen molar-refractivity contribution in [2.75, 3.05) is 6.54 Å². The molecule has 7 heteroatoms. The third kappa shape index (κ3) is 2.55. The normalized spacial score (nSPS) is 17.8. The second-order valence-electron chi connectivity index (χ2n) is 6.43. The second-order valence-corrected chi connectivity index (χ2v) is 6.43. The van der Waals surface area contributed by atoms with Gasteiger partial charge in [0.1, 0.15) is 5.56 Å². The molecule has 1 fully saturated rings. The molecule has 4 rings (SSSR count). The van der Waals surface area contributed by atoms with Crippen LogP contribution in [0.3, 0.4) is 0 Å². The Morgan fingerprint density at radius 2 is 2.17 bits per heavy atom. The molecule has 0 unspecified atom stereocenters. The maximum atomic E-state index is 13.0. The average molecular weight is 324 g/mol. The summed E-state index contributed by atoms with van der Waals surface area (Å²) in [5.41, 5.74) is 3.21. The summed E-state index contributed by atoms with van der Waals surface area (Å²) in [6.07, 6.45) is 9.33. The lowest BCUT2D eigenvalue weighted by molar-refractivity contribution is 0.0723. The van der Waals surface area contributed by atoms with E-state index in [2.05, 4.69) is 15.2 Å². The Kier molecular flexibility index (Phi) is 3.55. The monoisotopic (exact) mass is 324 g/mol. The fraction of sp³-hybridized carbons (Fsp3) is 0.412. The summed E-state index contributed by atoms with van der Waals surface area (Å²) in [4.78, 5) is 19.5. The molecule has 3 aromatic heterocycles. The van der Waals surface area contributed by atoms with Gasteiger partial charge < -0.3 is 4.90 Å². The minimum Gasteiger partial charge on any atom is -0.334 e. The number of aromatic nitrogens is 5. The van der Waals surface area contributed by atoms with Crippen LogP contribution >= 0.6 is 0 Å². The van der Waals surface area contributed by atoms with Gasteiger partial charge in [0.05, 0.1) is 25.0 Å². The summed E-state index contributed by atoms with van der Waals surface area (Å²) < 4.78 is 3.58. The molecule has 0 saturated carbocycles. The standard InChI is InChI=1S/C17H20N6O/c1-12-8-18-21(10-12)11-14-4-3-6-22(14)17(24)15-9-19-23-7-5-13(2)20-16(15)23/h5,7-10,14H,3-4,6,11H2,1-2H3/t14-/m0/s1. The van der Waals surface area contributed by atoms with E-state index in [1.54, 1.807) is 10.7 Å². The maximum Gasteiger partial charge on any atom is 0.259 e. The highest BCUT2D eigenvalue weighted by molar-refractivity contribution is 5.99. The number of fused-ring (bicyclic) bond motifs is 1. The predicted octanol–water partition coefficient (Wildman–Crippen LogP) is 1.85. The number of carbonyl (C=O) groups is 1. The van der Waals surface area contributed by atoms with Gasteiger partial charge in [-0.15, -0.1) is 0 Å². The van der Waals surface area contributed by atoms with Crippen LogP contribution in [0.1, 0.15) is 34.5 Å². The third-order valence-electron chi connectivity index (χ3n) is 4.54. The van der Waals surface area contributed by atoms with Gasteiger partial charge in [-0.05, 0) is 38.3 Å². The number of nitrogens with zero attached hydrogens (tertiary/aromatic N) is 6. The van der Waals surface area contributed by atoms with Crippen molar-refractivity contribution in [2.24, 2.45) is 0 Å². The van der Waals surface area contributed by atoms with Crippen LogP contribution in [-0.4, -0.2) is 47.8 Å². The van der Waals surface area contributed by atoms with Crippen LogP contribution in [0.15, 0.2) is 30.9 Å². The molecule has 4 heterocycles. The van der Waals surface area contributed by atoms with Crippen molar-refractivity contribution in [1.29, 1.82) is 0 Å². The molecule has 1 aliphatic heterocycles. The van der Waals surface area contributed by atoms with Crippen molar-refractivity contribution in [3.05, 3.63) is 47.7 Å². The largest absolute Gasteiger partial charge is 0.334 e. The van der Waals surface area contributed by atoms with Crippen LogP contribution in [0.25, 0.3) is 5.65 Å². The zero-order chi connectivity index (χ0) is 16.7. The zero-order valence-corrected chi connectivity index (χ0v) is 13.9. The molecule has 0 aliphatic carbocycles. The van der Waals surface area contributed by atoms with E-state index in [-0.39, 0.29) is 11.9 Å². The van der Waals surface area contributed by atoms with E-state index in [0.717, 1.165) is 37.2 Å². The number of amides is 1. The molecule has 0 bridgehead atoms. The number of carbonyl (C=O) groups excluding carboxylic acids is 1. The number of likely N-dealkylation sites (tertiary alicyclic amines) is 1. The Morgan fingerprint density at radius 3 is 2.96 bits per heavy atom. The molecule has 1 atom stereocenters. The quantitative estimate of drug-likeness (QED) is 0.737. The van der Waals surface area contributed by atoms with Gasteiger partial charge in [0.15, 0.2) is 5.65 Å². The van der Waals surface area contributed by atoms with E-state index in [4.69, 9.17) is 0 Å². The molecule has 1 aliphatic rings. The highest BCUT2D eigenvalue weighted by Crippen LogP contribution is 2.23. The molecule has 0 spiro atoms. The van der Waals surface area contributed by atoms with Crippen molar-refractivity contribution in [3.63, 3.8) is 0 Å².